The van der Waals surface area contributed by atoms with Crippen molar-refractivity contribution in [2.24, 2.45) is 11.8 Å². The molecule has 0 aromatic heterocycles. The summed E-state index contributed by atoms with van der Waals surface area (Å²) < 4.78 is 0. The molecule has 2 saturated heterocycles. The first kappa shape index (κ1) is 19.0. The van der Waals surface area contributed by atoms with Gasteiger partial charge in [0.05, 0.1) is 0 Å². The first-order valence-electron chi connectivity index (χ1n) is 10.6. The Hall–Kier alpha value is -2.33. The molecule has 1 amide bonds. The zero-order chi connectivity index (χ0) is 19.2. The lowest BCUT2D eigenvalue weighted by atomic mass is 9.95. The van der Waals surface area contributed by atoms with Crippen LogP contribution in [0.25, 0.3) is 0 Å². The van der Waals surface area contributed by atoms with E-state index in [4.69, 9.17) is 0 Å². The summed E-state index contributed by atoms with van der Waals surface area (Å²) in [7, 11) is 0. The Morgan fingerprint density at radius 2 is 1.57 bits per heavy atom. The Bertz CT molecular complexity index is 741. The van der Waals surface area contributed by atoms with Crippen molar-refractivity contribution >= 4 is 11.6 Å². The van der Waals surface area contributed by atoms with E-state index in [2.05, 4.69) is 75.8 Å². The molecule has 2 aromatic carbocycles. The molecule has 28 heavy (non-hydrogen) atoms. The average molecular weight is 378 g/mol. The summed E-state index contributed by atoms with van der Waals surface area (Å²) in [5.41, 5.74) is 2.65. The predicted octanol–water partition coefficient (Wildman–Crippen LogP) is 3.54. The molecule has 1 N–H and O–H groups in total. The summed E-state index contributed by atoms with van der Waals surface area (Å²) in [6.07, 6.45) is 3.10. The fourth-order valence-electron chi connectivity index (χ4n) is 4.46. The highest BCUT2D eigenvalue weighted by Crippen LogP contribution is 2.24. The van der Waals surface area contributed by atoms with Gasteiger partial charge in [-0.3, -0.25) is 9.69 Å². The number of anilines is 1. The van der Waals surface area contributed by atoms with Gasteiger partial charge < -0.3 is 10.2 Å². The van der Waals surface area contributed by atoms with Crippen molar-refractivity contribution < 1.29 is 4.79 Å². The SMILES string of the molecule is O=C(NC[C@H]1CCN(c2ccccc2)C1)C1CCN(Cc2ccccc2)CC1. The highest BCUT2D eigenvalue weighted by molar-refractivity contribution is 5.78. The molecule has 2 aliphatic rings. The van der Waals surface area contributed by atoms with Gasteiger partial charge in [-0.25, -0.2) is 0 Å². The van der Waals surface area contributed by atoms with E-state index in [1.165, 1.54) is 11.3 Å². The molecule has 0 spiro atoms. The van der Waals surface area contributed by atoms with E-state index in [9.17, 15) is 4.79 Å². The minimum absolute atomic E-state index is 0.179. The molecule has 4 rings (SSSR count). The van der Waals surface area contributed by atoms with Gasteiger partial charge in [0.2, 0.25) is 5.91 Å². The van der Waals surface area contributed by atoms with Crippen molar-refractivity contribution in [2.45, 2.75) is 25.8 Å². The van der Waals surface area contributed by atoms with Crippen LogP contribution in [0.3, 0.4) is 0 Å². The van der Waals surface area contributed by atoms with Gasteiger partial charge in [-0.1, -0.05) is 48.5 Å². The lowest BCUT2D eigenvalue weighted by Gasteiger charge is -2.31. The number of piperidine rings is 1. The molecule has 148 valence electrons. The Kier molecular flexibility index (Phi) is 6.27. The van der Waals surface area contributed by atoms with Crippen LogP contribution in [-0.2, 0) is 11.3 Å². The van der Waals surface area contributed by atoms with Crippen LogP contribution in [0.1, 0.15) is 24.8 Å². The zero-order valence-electron chi connectivity index (χ0n) is 16.6. The van der Waals surface area contributed by atoms with E-state index in [1.807, 2.05) is 0 Å². The van der Waals surface area contributed by atoms with Crippen molar-refractivity contribution in [1.29, 1.82) is 0 Å². The number of carbonyl (C=O) groups is 1. The molecule has 0 radical (unpaired) electrons. The molecule has 0 unspecified atom stereocenters. The van der Waals surface area contributed by atoms with E-state index < -0.39 is 0 Å². The van der Waals surface area contributed by atoms with Crippen LogP contribution in [0.15, 0.2) is 60.7 Å². The van der Waals surface area contributed by atoms with Crippen LogP contribution in [0, 0.1) is 11.8 Å². The topological polar surface area (TPSA) is 35.6 Å². The zero-order valence-corrected chi connectivity index (χ0v) is 16.6. The van der Waals surface area contributed by atoms with Gasteiger partial charge in [0.15, 0.2) is 0 Å². The second-order valence-corrected chi connectivity index (χ2v) is 8.22. The fraction of sp³-hybridized carbons (Fsp3) is 0.458. The number of carbonyl (C=O) groups excluding carboxylic acids is 1. The maximum absolute atomic E-state index is 12.6. The number of nitrogens with one attached hydrogen (secondary N) is 1. The molecule has 0 aliphatic carbocycles. The molecule has 4 heteroatoms. The van der Waals surface area contributed by atoms with E-state index in [0.29, 0.717) is 5.92 Å². The molecule has 2 heterocycles. The van der Waals surface area contributed by atoms with Gasteiger partial charge in [0.25, 0.3) is 0 Å². The lowest BCUT2D eigenvalue weighted by molar-refractivity contribution is -0.126. The average Bonchev–Trinajstić information content (AvgIpc) is 3.23. The van der Waals surface area contributed by atoms with Gasteiger partial charge >= 0.3 is 0 Å². The van der Waals surface area contributed by atoms with Crippen LogP contribution in [0.4, 0.5) is 5.69 Å². The van der Waals surface area contributed by atoms with Crippen LogP contribution in [0.2, 0.25) is 0 Å². The Morgan fingerprint density at radius 3 is 2.29 bits per heavy atom. The molecule has 1 atom stereocenters. The Balaban J connectivity index is 1.17. The largest absolute Gasteiger partial charge is 0.371 e. The first-order chi connectivity index (χ1) is 13.8. The van der Waals surface area contributed by atoms with Crippen LogP contribution in [-0.4, -0.2) is 43.5 Å². The second kappa shape index (κ2) is 9.24. The molecule has 2 aromatic rings. The molecule has 0 saturated carbocycles. The van der Waals surface area contributed by atoms with Gasteiger partial charge in [0.1, 0.15) is 0 Å². The quantitative estimate of drug-likeness (QED) is 0.836. The van der Waals surface area contributed by atoms with E-state index in [1.54, 1.807) is 0 Å². The van der Waals surface area contributed by atoms with Crippen molar-refractivity contribution in [3.05, 3.63) is 66.2 Å². The lowest BCUT2D eigenvalue weighted by Crippen LogP contribution is -2.41. The summed E-state index contributed by atoms with van der Waals surface area (Å²) in [6.45, 7) is 5.96. The third-order valence-corrected chi connectivity index (χ3v) is 6.18. The van der Waals surface area contributed by atoms with Gasteiger partial charge in [-0.05, 0) is 56.0 Å². The molecular weight excluding hydrogens is 346 g/mol. The number of likely N-dealkylation sites (tertiary alicyclic amines) is 1. The minimum atomic E-state index is 0.179. The van der Waals surface area contributed by atoms with Crippen molar-refractivity contribution in [3.8, 4) is 0 Å². The fourth-order valence-corrected chi connectivity index (χ4v) is 4.46. The first-order valence-corrected chi connectivity index (χ1v) is 10.6. The Morgan fingerprint density at radius 1 is 0.893 bits per heavy atom. The van der Waals surface area contributed by atoms with Gasteiger partial charge in [0, 0.05) is 37.8 Å². The van der Waals surface area contributed by atoms with Crippen molar-refractivity contribution in [1.82, 2.24) is 10.2 Å². The van der Waals surface area contributed by atoms with E-state index in [0.717, 1.165) is 58.5 Å². The van der Waals surface area contributed by atoms with Crippen LogP contribution in [0.5, 0.6) is 0 Å². The van der Waals surface area contributed by atoms with E-state index >= 15 is 0 Å². The number of nitrogens with zero attached hydrogens (tertiary/aromatic N) is 2. The third-order valence-electron chi connectivity index (χ3n) is 6.18. The normalized spacial score (nSPS) is 21.0. The summed E-state index contributed by atoms with van der Waals surface area (Å²) in [5.74, 6) is 0.999. The van der Waals surface area contributed by atoms with E-state index in [-0.39, 0.29) is 11.8 Å². The van der Waals surface area contributed by atoms with Crippen molar-refractivity contribution in [3.63, 3.8) is 0 Å². The molecular formula is C24H31N3O. The summed E-state index contributed by atoms with van der Waals surface area (Å²) in [4.78, 5) is 17.5. The second-order valence-electron chi connectivity index (χ2n) is 8.22. The van der Waals surface area contributed by atoms with Crippen molar-refractivity contribution in [2.75, 3.05) is 37.6 Å². The number of benzene rings is 2. The standard InChI is InChI=1S/C24H31N3O/c28-24(22-12-14-26(15-13-22)18-20-7-3-1-4-8-20)25-17-21-11-16-27(19-21)23-9-5-2-6-10-23/h1-10,21-22H,11-19H2,(H,25,28)/t21-/m1/s1. The third kappa shape index (κ3) is 4.93. The summed E-state index contributed by atoms with van der Waals surface area (Å²) in [5, 5.41) is 3.25. The molecule has 2 fully saturated rings. The number of hydrogen-bond acceptors (Lipinski definition) is 3. The number of rotatable bonds is 6. The minimum Gasteiger partial charge on any atom is -0.371 e. The summed E-state index contributed by atoms with van der Waals surface area (Å²) in [6, 6.07) is 21.2. The summed E-state index contributed by atoms with van der Waals surface area (Å²) >= 11 is 0. The van der Waals surface area contributed by atoms with Crippen LogP contribution < -0.4 is 10.2 Å². The number of amides is 1. The number of hydrogen-bond donors (Lipinski definition) is 1. The number of para-hydroxylation sites is 1. The molecule has 4 nitrogen and oxygen atoms in total. The predicted molar refractivity (Wildman–Crippen MR) is 114 cm³/mol. The maximum atomic E-state index is 12.6. The van der Waals surface area contributed by atoms with Crippen LogP contribution >= 0.6 is 0 Å². The maximum Gasteiger partial charge on any atom is 0.223 e. The Labute approximate surface area is 168 Å². The van der Waals surface area contributed by atoms with Gasteiger partial charge in [-0.2, -0.15) is 0 Å². The highest BCUT2D eigenvalue weighted by Gasteiger charge is 2.27. The molecule has 2 aliphatic heterocycles. The monoisotopic (exact) mass is 377 g/mol. The molecule has 0 bridgehead atoms. The highest BCUT2D eigenvalue weighted by atomic mass is 16.1. The van der Waals surface area contributed by atoms with Gasteiger partial charge in [-0.15, -0.1) is 0 Å². The smallest absolute Gasteiger partial charge is 0.223 e.